The van der Waals surface area contributed by atoms with Gasteiger partial charge >= 0.3 is 11.9 Å². The summed E-state index contributed by atoms with van der Waals surface area (Å²) in [4.78, 5) is 60.8. The van der Waals surface area contributed by atoms with Gasteiger partial charge in [0.05, 0.1) is 49.9 Å². The number of rotatable bonds is 18. The molecule has 3 unspecified atom stereocenters. The zero-order valence-electron chi connectivity index (χ0n) is 27.2. The molecule has 0 bridgehead atoms. The average molecular weight is 687 g/mol. The number of ketones is 2. The molecule has 5 N–H and O–H groups in total. The molecule has 0 aromatic carbocycles. The van der Waals surface area contributed by atoms with Crippen molar-refractivity contribution in [3.63, 3.8) is 0 Å². The first-order valence-corrected chi connectivity index (χ1v) is 16.0. The van der Waals surface area contributed by atoms with Gasteiger partial charge in [0.15, 0.2) is 18.0 Å². The van der Waals surface area contributed by atoms with Crippen LogP contribution in [0.1, 0.15) is 58.8 Å². The zero-order valence-corrected chi connectivity index (χ0v) is 27.2. The van der Waals surface area contributed by atoms with E-state index >= 15 is 0 Å². The third kappa shape index (κ3) is 8.36. The molecule has 0 radical (unpaired) electrons. The fourth-order valence-electron chi connectivity index (χ4n) is 8.46. The van der Waals surface area contributed by atoms with Crippen molar-refractivity contribution >= 4 is 23.5 Å². The number of aliphatic hydroxyl groups is 1. The van der Waals surface area contributed by atoms with Crippen molar-refractivity contribution in [3.8, 4) is 0 Å². The van der Waals surface area contributed by atoms with Crippen molar-refractivity contribution in [1.82, 2.24) is 10.8 Å². The van der Waals surface area contributed by atoms with Crippen molar-refractivity contribution < 1.29 is 73.7 Å². The number of carbonyl (C=O) groups excluding carboxylic acids is 4. The fraction of sp³-hybridized carbons (Fsp3) is 0.742. The highest BCUT2D eigenvalue weighted by atomic mass is 17.1. The Balaban J connectivity index is 1.44. The topological polar surface area (TPSA) is 231 Å². The second-order valence-corrected chi connectivity index (χ2v) is 13.1. The van der Waals surface area contributed by atoms with Crippen molar-refractivity contribution in [1.29, 1.82) is 0 Å². The lowest BCUT2D eigenvalue weighted by molar-refractivity contribution is -0.493. The van der Waals surface area contributed by atoms with E-state index < -0.39 is 64.3 Å². The Hall–Kier alpha value is -2.68. The van der Waals surface area contributed by atoms with Crippen LogP contribution in [0.5, 0.6) is 0 Å². The summed E-state index contributed by atoms with van der Waals surface area (Å²) in [6.07, 6.45) is 6.17. The molecular weight excluding hydrogens is 640 g/mol. The Morgan fingerprint density at radius 3 is 2.33 bits per heavy atom. The Labute approximate surface area is 277 Å². The summed E-state index contributed by atoms with van der Waals surface area (Å²) < 4.78 is 21.7. The van der Waals surface area contributed by atoms with E-state index in [0.717, 1.165) is 5.57 Å². The van der Waals surface area contributed by atoms with Crippen LogP contribution in [-0.4, -0.2) is 118 Å². The minimum Gasteiger partial charge on any atom is -0.456 e. The van der Waals surface area contributed by atoms with E-state index in [1.54, 1.807) is 6.08 Å². The van der Waals surface area contributed by atoms with Crippen LogP contribution < -0.4 is 0 Å². The normalized spacial score (nSPS) is 32.4. The van der Waals surface area contributed by atoms with Crippen LogP contribution in [0.15, 0.2) is 23.8 Å². The van der Waals surface area contributed by atoms with Gasteiger partial charge in [0.1, 0.15) is 6.61 Å². The lowest BCUT2D eigenvalue weighted by atomic mass is 9.46. The predicted octanol–water partition coefficient (Wildman–Crippen LogP) is 1.50. The molecule has 0 amide bonds. The Kier molecular flexibility index (Phi) is 13.0. The van der Waals surface area contributed by atoms with Crippen molar-refractivity contribution in [2.45, 2.75) is 70.5 Å². The number of Topliss-reactive ketones (excluding diaryl/α,β-unsaturated/α-hetero) is 1. The van der Waals surface area contributed by atoms with E-state index in [1.165, 1.54) is 6.08 Å². The first kappa shape index (κ1) is 38.1. The first-order valence-electron chi connectivity index (χ1n) is 16.0. The van der Waals surface area contributed by atoms with Crippen molar-refractivity contribution in [3.05, 3.63) is 23.8 Å². The highest BCUT2D eigenvalue weighted by Crippen LogP contribution is 2.68. The molecule has 17 heteroatoms. The Morgan fingerprint density at radius 1 is 0.917 bits per heavy atom. The van der Waals surface area contributed by atoms with Gasteiger partial charge in [0, 0.05) is 23.2 Å². The van der Waals surface area contributed by atoms with Crippen LogP contribution in [0.3, 0.4) is 0 Å². The lowest BCUT2D eigenvalue weighted by Gasteiger charge is -2.59. The van der Waals surface area contributed by atoms with Gasteiger partial charge in [0.25, 0.3) is 0 Å². The third-order valence-electron chi connectivity index (χ3n) is 10.5. The van der Waals surface area contributed by atoms with Gasteiger partial charge in [-0.3, -0.25) is 40.1 Å². The van der Waals surface area contributed by atoms with Crippen molar-refractivity contribution in [2.24, 2.45) is 28.6 Å². The molecule has 4 rings (SSSR count). The lowest BCUT2D eigenvalue weighted by Crippen LogP contribution is -2.63. The molecule has 0 aliphatic heterocycles. The summed E-state index contributed by atoms with van der Waals surface area (Å²) in [5, 5.41) is 45.3. The summed E-state index contributed by atoms with van der Waals surface area (Å²) in [6, 6.07) is 0. The summed E-state index contributed by atoms with van der Waals surface area (Å²) >= 11 is 0. The smallest absolute Gasteiger partial charge is 0.332 e. The fourth-order valence-corrected chi connectivity index (χ4v) is 8.46. The maximum absolute atomic E-state index is 14.1. The number of ether oxygens (including phenoxy) is 4. The summed E-state index contributed by atoms with van der Waals surface area (Å²) in [7, 11) is 0. The number of esters is 2. The second-order valence-electron chi connectivity index (χ2n) is 13.1. The van der Waals surface area contributed by atoms with Gasteiger partial charge in [-0.25, -0.2) is 9.63 Å². The van der Waals surface area contributed by atoms with E-state index in [2.05, 4.69) is 9.68 Å². The van der Waals surface area contributed by atoms with Gasteiger partial charge in [-0.1, -0.05) is 25.5 Å². The van der Waals surface area contributed by atoms with Crippen LogP contribution in [-0.2, 0) is 47.8 Å². The Morgan fingerprint density at radius 2 is 1.60 bits per heavy atom. The quantitative estimate of drug-likeness (QED) is 0.0781. The van der Waals surface area contributed by atoms with Crippen LogP contribution in [0.2, 0.25) is 0 Å². The minimum absolute atomic E-state index is 0.0000357. The number of hydrogen-bond donors (Lipinski definition) is 5. The van der Waals surface area contributed by atoms with Gasteiger partial charge in [-0.15, -0.1) is 0 Å². The van der Waals surface area contributed by atoms with Gasteiger partial charge in [-0.2, -0.15) is 0 Å². The number of hydrogen-bond acceptors (Lipinski definition) is 17. The van der Waals surface area contributed by atoms with Crippen LogP contribution in [0.4, 0.5) is 0 Å². The van der Waals surface area contributed by atoms with Crippen molar-refractivity contribution in [2.75, 3.05) is 46.2 Å². The zero-order chi connectivity index (χ0) is 35.1. The highest BCUT2D eigenvalue weighted by Gasteiger charge is 2.70. The van der Waals surface area contributed by atoms with E-state index in [9.17, 15) is 24.3 Å². The van der Waals surface area contributed by atoms with Crippen LogP contribution in [0.25, 0.3) is 0 Å². The molecule has 17 nitrogen and oxygen atoms in total. The second kappa shape index (κ2) is 16.4. The number of aliphatic hydroxyl groups excluding tert-OH is 1. The first-order chi connectivity index (χ1) is 22.7. The van der Waals surface area contributed by atoms with Gasteiger partial charge in [0.2, 0.25) is 5.78 Å². The maximum Gasteiger partial charge on any atom is 0.332 e. The predicted molar refractivity (Wildman–Crippen MR) is 156 cm³/mol. The molecule has 0 aromatic heterocycles. The number of allylic oxidation sites excluding steroid dienone is 4. The molecule has 0 heterocycles. The molecule has 3 fully saturated rings. The molecule has 4 aliphatic rings. The van der Waals surface area contributed by atoms with E-state index in [1.807, 2.05) is 19.9 Å². The number of carbonyl (C=O) groups is 4. The third-order valence-corrected chi connectivity index (χ3v) is 10.5. The molecule has 3 saturated carbocycles. The number of nitrogens with zero attached hydrogens (tertiary/aromatic N) is 2. The highest BCUT2D eigenvalue weighted by molar-refractivity contribution is 6.01. The maximum atomic E-state index is 14.1. The monoisotopic (exact) mass is 686 g/mol. The molecule has 7 atom stereocenters. The average Bonchev–Trinajstić information content (AvgIpc) is 3.31. The van der Waals surface area contributed by atoms with Gasteiger partial charge < -0.3 is 24.1 Å². The summed E-state index contributed by atoms with van der Waals surface area (Å²) in [5.41, 5.74) is -2.28. The summed E-state index contributed by atoms with van der Waals surface area (Å²) in [5.74, 6) is -2.66. The molecule has 0 spiro atoms. The van der Waals surface area contributed by atoms with Crippen LogP contribution >= 0.6 is 0 Å². The van der Waals surface area contributed by atoms with E-state index in [-0.39, 0.29) is 82.3 Å². The molecule has 0 saturated heterocycles. The largest absolute Gasteiger partial charge is 0.456 e. The van der Waals surface area contributed by atoms with Crippen LogP contribution in [0, 0.1) is 28.6 Å². The van der Waals surface area contributed by atoms with E-state index in [4.69, 9.17) is 39.8 Å². The van der Waals surface area contributed by atoms with E-state index in [0.29, 0.717) is 19.3 Å². The Bertz CT molecular complexity index is 1240. The molecule has 0 aromatic rings. The van der Waals surface area contributed by atoms with Gasteiger partial charge in [-0.05, 0) is 62.5 Å². The molecule has 48 heavy (non-hydrogen) atoms. The molecule has 4 aliphatic carbocycles. The molecular formula is C31H46N2O15. The SMILES string of the molecule is CC12C[C@H](O)[C@H]3C(CCC4=CC(=O)C=C[C@@]43C)C1CC[C@]2(OC(=O)CCCON(O)O)C(=O)COC(=O)COCCOCCON(O)O. The molecule has 270 valence electrons. The summed E-state index contributed by atoms with van der Waals surface area (Å²) in [6.45, 7) is 2.44. The minimum atomic E-state index is -1.72. The number of fused-ring (bicyclic) bond motifs is 5. The standard InChI is InChI=1S/C31H46N2O15/c1-29-9-7-21(34)16-20(29)5-6-22-23-8-10-31(30(23,2)17-24(35)28(22)29,48-26(37)4-3-11-46-32(39)40)25(36)18-45-27(38)19-44-13-12-43-14-15-47-33(41)42/h7,9,16,22-24,28,35,39-42H,3-6,8,10-15,17-19H2,1-2H3/t22?,23?,24-,28+,29-,30?,31-/m0/s1.